The number of halogens is 1. The van der Waals surface area contributed by atoms with Gasteiger partial charge in [0.15, 0.2) is 0 Å². The van der Waals surface area contributed by atoms with Crippen LogP contribution in [0, 0.1) is 5.92 Å². The van der Waals surface area contributed by atoms with Crippen molar-refractivity contribution < 1.29 is 0 Å². The Labute approximate surface area is 115 Å². The molecule has 1 fully saturated rings. The van der Waals surface area contributed by atoms with Crippen molar-refractivity contribution in [1.82, 2.24) is 14.7 Å². The van der Waals surface area contributed by atoms with Crippen molar-refractivity contribution >= 4 is 11.6 Å². The first kappa shape index (κ1) is 13.9. The molecular formula is C14H24ClN3. The molecule has 0 amide bonds. The summed E-state index contributed by atoms with van der Waals surface area (Å²) in [7, 11) is 0. The SMILES string of the molecule is CCC(C)n1ccc(CN2CCC(C)C2CCl)n1. The summed E-state index contributed by atoms with van der Waals surface area (Å²) in [5.74, 6) is 1.44. The number of hydrogen-bond donors (Lipinski definition) is 0. The summed E-state index contributed by atoms with van der Waals surface area (Å²) in [6.07, 6.45) is 4.47. The molecule has 2 heterocycles. The number of aromatic nitrogens is 2. The lowest BCUT2D eigenvalue weighted by Crippen LogP contribution is -2.33. The summed E-state index contributed by atoms with van der Waals surface area (Å²) in [6.45, 7) is 8.78. The fourth-order valence-electron chi connectivity index (χ4n) is 2.64. The van der Waals surface area contributed by atoms with Crippen LogP contribution in [-0.4, -0.2) is 33.1 Å². The van der Waals surface area contributed by atoms with Gasteiger partial charge in [0.2, 0.25) is 0 Å². The second-order valence-electron chi connectivity index (χ2n) is 5.50. The second-order valence-corrected chi connectivity index (χ2v) is 5.81. The molecule has 3 atom stereocenters. The molecule has 0 spiro atoms. The molecule has 0 bridgehead atoms. The van der Waals surface area contributed by atoms with Crippen LogP contribution < -0.4 is 0 Å². The first-order chi connectivity index (χ1) is 8.65. The number of nitrogens with zero attached hydrogens (tertiary/aromatic N) is 3. The second kappa shape index (κ2) is 6.07. The molecule has 0 saturated carbocycles. The van der Waals surface area contributed by atoms with Crippen LogP contribution in [0.4, 0.5) is 0 Å². The van der Waals surface area contributed by atoms with Gasteiger partial charge >= 0.3 is 0 Å². The van der Waals surface area contributed by atoms with Gasteiger partial charge in [-0.05, 0) is 38.3 Å². The lowest BCUT2D eigenvalue weighted by atomic mass is 10.1. The molecule has 1 aromatic rings. The van der Waals surface area contributed by atoms with Crippen LogP contribution in [0.5, 0.6) is 0 Å². The molecule has 1 aliphatic heterocycles. The minimum atomic E-state index is 0.486. The van der Waals surface area contributed by atoms with E-state index in [4.69, 9.17) is 11.6 Å². The third-order valence-corrected chi connectivity index (χ3v) is 4.54. The van der Waals surface area contributed by atoms with E-state index in [1.807, 2.05) is 0 Å². The Morgan fingerprint density at radius 2 is 2.33 bits per heavy atom. The summed E-state index contributed by atoms with van der Waals surface area (Å²) >= 11 is 6.07. The minimum absolute atomic E-state index is 0.486. The van der Waals surface area contributed by atoms with Gasteiger partial charge in [-0.25, -0.2) is 0 Å². The fourth-order valence-corrected chi connectivity index (χ4v) is 3.14. The lowest BCUT2D eigenvalue weighted by Gasteiger charge is -2.23. The highest BCUT2D eigenvalue weighted by Gasteiger charge is 2.30. The van der Waals surface area contributed by atoms with Crippen LogP contribution in [0.25, 0.3) is 0 Å². The zero-order valence-corrected chi connectivity index (χ0v) is 12.4. The molecule has 0 aliphatic carbocycles. The van der Waals surface area contributed by atoms with E-state index in [9.17, 15) is 0 Å². The first-order valence-corrected chi connectivity index (χ1v) is 7.53. The van der Waals surface area contributed by atoms with E-state index in [1.54, 1.807) is 0 Å². The molecule has 1 saturated heterocycles. The Morgan fingerprint density at radius 1 is 1.56 bits per heavy atom. The van der Waals surface area contributed by atoms with E-state index in [1.165, 1.54) is 12.1 Å². The zero-order chi connectivity index (χ0) is 13.1. The average molecular weight is 270 g/mol. The molecule has 4 heteroatoms. The van der Waals surface area contributed by atoms with Crippen LogP contribution in [0.1, 0.15) is 45.3 Å². The van der Waals surface area contributed by atoms with Crippen LogP contribution in [0.3, 0.4) is 0 Å². The third kappa shape index (κ3) is 2.89. The quantitative estimate of drug-likeness (QED) is 0.765. The summed E-state index contributed by atoms with van der Waals surface area (Å²) in [6, 6.07) is 3.14. The zero-order valence-electron chi connectivity index (χ0n) is 11.6. The monoisotopic (exact) mass is 269 g/mol. The largest absolute Gasteiger partial charge is 0.293 e. The minimum Gasteiger partial charge on any atom is -0.293 e. The molecule has 1 aliphatic rings. The maximum absolute atomic E-state index is 6.07. The normalized spacial score (nSPS) is 26.7. The van der Waals surface area contributed by atoms with E-state index in [-0.39, 0.29) is 0 Å². The molecule has 18 heavy (non-hydrogen) atoms. The number of likely N-dealkylation sites (tertiary alicyclic amines) is 1. The Bertz CT molecular complexity index is 377. The first-order valence-electron chi connectivity index (χ1n) is 6.99. The Hall–Kier alpha value is -0.540. The third-order valence-electron chi connectivity index (χ3n) is 4.23. The molecule has 1 aromatic heterocycles. The van der Waals surface area contributed by atoms with Gasteiger partial charge in [-0.2, -0.15) is 5.10 Å². The summed E-state index contributed by atoms with van der Waals surface area (Å²) in [4.78, 5) is 2.47. The van der Waals surface area contributed by atoms with Crippen molar-refractivity contribution in [2.45, 2.75) is 52.2 Å². The molecule has 3 unspecified atom stereocenters. The Morgan fingerprint density at radius 3 is 3.00 bits per heavy atom. The Kier molecular flexibility index (Phi) is 4.68. The van der Waals surface area contributed by atoms with Gasteiger partial charge in [-0.1, -0.05) is 13.8 Å². The standard InChI is InChI=1S/C14H24ClN3/c1-4-12(3)18-8-6-13(16-18)10-17-7-5-11(2)14(17)9-15/h6,8,11-12,14H,4-5,7,9-10H2,1-3H3. The highest BCUT2D eigenvalue weighted by Crippen LogP contribution is 2.26. The van der Waals surface area contributed by atoms with Crippen LogP contribution in [-0.2, 0) is 6.54 Å². The summed E-state index contributed by atoms with van der Waals surface area (Å²) < 4.78 is 2.07. The predicted molar refractivity (Wildman–Crippen MR) is 75.9 cm³/mol. The topological polar surface area (TPSA) is 21.1 Å². The molecule has 0 radical (unpaired) electrons. The van der Waals surface area contributed by atoms with Gasteiger partial charge in [-0.15, -0.1) is 11.6 Å². The van der Waals surface area contributed by atoms with E-state index < -0.39 is 0 Å². The van der Waals surface area contributed by atoms with Gasteiger partial charge in [0.25, 0.3) is 0 Å². The van der Waals surface area contributed by atoms with E-state index in [2.05, 4.69) is 47.7 Å². The fraction of sp³-hybridized carbons (Fsp3) is 0.786. The van der Waals surface area contributed by atoms with Crippen molar-refractivity contribution in [1.29, 1.82) is 0 Å². The van der Waals surface area contributed by atoms with Gasteiger partial charge < -0.3 is 0 Å². The van der Waals surface area contributed by atoms with E-state index >= 15 is 0 Å². The average Bonchev–Trinajstić information content (AvgIpc) is 2.96. The molecule has 0 N–H and O–H groups in total. The number of hydrogen-bond acceptors (Lipinski definition) is 2. The highest BCUT2D eigenvalue weighted by molar-refractivity contribution is 6.18. The van der Waals surface area contributed by atoms with Gasteiger partial charge in [0.1, 0.15) is 0 Å². The van der Waals surface area contributed by atoms with Crippen LogP contribution in [0.15, 0.2) is 12.3 Å². The van der Waals surface area contributed by atoms with E-state index in [0.717, 1.165) is 25.4 Å². The molecule has 3 nitrogen and oxygen atoms in total. The van der Waals surface area contributed by atoms with Crippen LogP contribution in [0.2, 0.25) is 0 Å². The smallest absolute Gasteiger partial charge is 0.0765 e. The molecular weight excluding hydrogens is 246 g/mol. The van der Waals surface area contributed by atoms with Gasteiger partial charge in [0.05, 0.1) is 5.69 Å². The molecule has 102 valence electrons. The van der Waals surface area contributed by atoms with Crippen LogP contribution >= 0.6 is 11.6 Å². The maximum atomic E-state index is 6.07. The molecule has 2 rings (SSSR count). The van der Waals surface area contributed by atoms with Gasteiger partial charge in [-0.3, -0.25) is 9.58 Å². The molecule has 0 aromatic carbocycles. The maximum Gasteiger partial charge on any atom is 0.0765 e. The summed E-state index contributed by atoms with van der Waals surface area (Å²) in [5.41, 5.74) is 1.17. The predicted octanol–water partition coefficient (Wildman–Crippen LogP) is 3.30. The highest BCUT2D eigenvalue weighted by atomic mass is 35.5. The lowest BCUT2D eigenvalue weighted by molar-refractivity contribution is 0.238. The van der Waals surface area contributed by atoms with Crippen molar-refractivity contribution in [3.05, 3.63) is 18.0 Å². The van der Waals surface area contributed by atoms with Crippen molar-refractivity contribution in [2.75, 3.05) is 12.4 Å². The number of alkyl halides is 1. The number of rotatable bonds is 5. The summed E-state index contributed by atoms with van der Waals surface area (Å²) in [5, 5.41) is 4.67. The van der Waals surface area contributed by atoms with E-state index in [0.29, 0.717) is 18.0 Å². The van der Waals surface area contributed by atoms with Crippen molar-refractivity contribution in [3.8, 4) is 0 Å². The van der Waals surface area contributed by atoms with Crippen molar-refractivity contribution in [2.24, 2.45) is 5.92 Å². The Balaban J connectivity index is 1.99. The van der Waals surface area contributed by atoms with Gasteiger partial charge in [0, 0.05) is 30.7 Å². The van der Waals surface area contributed by atoms with Crippen molar-refractivity contribution in [3.63, 3.8) is 0 Å².